The van der Waals surface area contributed by atoms with Crippen molar-refractivity contribution in [3.63, 3.8) is 0 Å². The number of hydrogen-bond acceptors (Lipinski definition) is 3. The number of nitrogens with one attached hydrogen (secondary N) is 2. The average molecular weight is 297 g/mol. The Balaban J connectivity index is 2.26. The fraction of sp³-hybridized carbons (Fsp3) is 0.941. The number of rotatable bonds is 8. The maximum Gasteiger partial charge on any atom is 0.237 e. The SMILES string of the molecule is CCC(C)NC(=O)C(C)N1CCC(CNCC(C)C)CC1. The van der Waals surface area contributed by atoms with Crippen molar-refractivity contribution in [2.24, 2.45) is 11.8 Å². The molecule has 2 atom stereocenters. The van der Waals surface area contributed by atoms with Gasteiger partial charge in [0.25, 0.3) is 0 Å². The Morgan fingerprint density at radius 2 is 1.81 bits per heavy atom. The van der Waals surface area contributed by atoms with Crippen LogP contribution in [0.15, 0.2) is 0 Å². The molecule has 21 heavy (non-hydrogen) atoms. The van der Waals surface area contributed by atoms with Gasteiger partial charge in [-0.1, -0.05) is 20.8 Å². The zero-order valence-electron chi connectivity index (χ0n) is 14.6. The highest BCUT2D eigenvalue weighted by Gasteiger charge is 2.26. The van der Waals surface area contributed by atoms with Crippen molar-refractivity contribution in [2.45, 2.75) is 66.0 Å². The molecule has 4 heteroatoms. The normalized spacial score (nSPS) is 20.5. The van der Waals surface area contributed by atoms with Gasteiger partial charge in [-0.15, -0.1) is 0 Å². The molecule has 1 amide bonds. The monoisotopic (exact) mass is 297 g/mol. The largest absolute Gasteiger partial charge is 0.352 e. The van der Waals surface area contributed by atoms with Gasteiger partial charge in [-0.25, -0.2) is 0 Å². The van der Waals surface area contributed by atoms with E-state index in [0.717, 1.165) is 44.4 Å². The average Bonchev–Trinajstić information content (AvgIpc) is 2.46. The predicted molar refractivity (Wildman–Crippen MR) is 89.4 cm³/mol. The van der Waals surface area contributed by atoms with Crippen LogP contribution in [0.2, 0.25) is 0 Å². The second-order valence-electron chi connectivity index (χ2n) is 7.03. The van der Waals surface area contributed by atoms with Gasteiger partial charge < -0.3 is 10.6 Å². The van der Waals surface area contributed by atoms with Crippen molar-refractivity contribution in [3.05, 3.63) is 0 Å². The van der Waals surface area contributed by atoms with Crippen molar-refractivity contribution in [1.82, 2.24) is 15.5 Å². The minimum atomic E-state index is 0.00331. The first-order valence-corrected chi connectivity index (χ1v) is 8.69. The second kappa shape index (κ2) is 9.42. The first-order valence-electron chi connectivity index (χ1n) is 8.69. The third-order valence-corrected chi connectivity index (χ3v) is 4.56. The summed E-state index contributed by atoms with van der Waals surface area (Å²) in [5.41, 5.74) is 0. The van der Waals surface area contributed by atoms with E-state index in [1.54, 1.807) is 0 Å². The van der Waals surface area contributed by atoms with Crippen molar-refractivity contribution >= 4 is 5.91 Å². The summed E-state index contributed by atoms with van der Waals surface area (Å²) in [4.78, 5) is 14.5. The highest BCUT2D eigenvalue weighted by Crippen LogP contribution is 2.18. The summed E-state index contributed by atoms with van der Waals surface area (Å²) in [6, 6.07) is 0.279. The first-order chi connectivity index (χ1) is 9.93. The lowest BCUT2D eigenvalue weighted by molar-refractivity contribution is -0.127. The van der Waals surface area contributed by atoms with Crippen LogP contribution in [-0.4, -0.2) is 49.1 Å². The minimum absolute atomic E-state index is 0.00331. The maximum absolute atomic E-state index is 12.2. The van der Waals surface area contributed by atoms with E-state index in [-0.39, 0.29) is 18.0 Å². The summed E-state index contributed by atoms with van der Waals surface area (Å²) in [6.45, 7) is 15.0. The molecule has 0 aromatic rings. The van der Waals surface area contributed by atoms with Crippen LogP contribution in [-0.2, 0) is 4.79 Å². The van der Waals surface area contributed by atoms with Gasteiger partial charge in [-0.2, -0.15) is 0 Å². The summed E-state index contributed by atoms with van der Waals surface area (Å²) in [7, 11) is 0. The van der Waals surface area contributed by atoms with E-state index in [4.69, 9.17) is 0 Å². The number of likely N-dealkylation sites (tertiary alicyclic amines) is 1. The highest BCUT2D eigenvalue weighted by atomic mass is 16.2. The number of piperidine rings is 1. The summed E-state index contributed by atoms with van der Waals surface area (Å²) in [5.74, 6) is 1.67. The molecule has 0 aromatic carbocycles. The molecule has 1 rings (SSSR count). The molecular formula is C17H35N3O. The fourth-order valence-electron chi connectivity index (χ4n) is 2.75. The van der Waals surface area contributed by atoms with Gasteiger partial charge in [-0.05, 0) is 71.1 Å². The van der Waals surface area contributed by atoms with E-state index >= 15 is 0 Å². The van der Waals surface area contributed by atoms with E-state index < -0.39 is 0 Å². The third kappa shape index (κ3) is 6.79. The maximum atomic E-state index is 12.2. The van der Waals surface area contributed by atoms with Gasteiger partial charge in [-0.3, -0.25) is 9.69 Å². The highest BCUT2D eigenvalue weighted by molar-refractivity contribution is 5.81. The van der Waals surface area contributed by atoms with Crippen LogP contribution in [0.4, 0.5) is 0 Å². The van der Waals surface area contributed by atoms with Crippen LogP contribution in [0.25, 0.3) is 0 Å². The van der Waals surface area contributed by atoms with Crippen molar-refractivity contribution in [1.29, 1.82) is 0 Å². The Labute approximate surface area is 131 Å². The third-order valence-electron chi connectivity index (χ3n) is 4.56. The Kier molecular flexibility index (Phi) is 8.27. The van der Waals surface area contributed by atoms with E-state index in [0.29, 0.717) is 0 Å². The van der Waals surface area contributed by atoms with E-state index in [9.17, 15) is 4.79 Å². The topological polar surface area (TPSA) is 44.4 Å². The Morgan fingerprint density at radius 1 is 1.19 bits per heavy atom. The Morgan fingerprint density at radius 3 is 2.33 bits per heavy atom. The molecule has 4 nitrogen and oxygen atoms in total. The molecule has 0 radical (unpaired) electrons. The summed E-state index contributed by atoms with van der Waals surface area (Å²) in [5, 5.41) is 6.65. The fourth-order valence-corrected chi connectivity index (χ4v) is 2.75. The second-order valence-corrected chi connectivity index (χ2v) is 7.03. The smallest absolute Gasteiger partial charge is 0.237 e. The van der Waals surface area contributed by atoms with Crippen molar-refractivity contribution in [2.75, 3.05) is 26.2 Å². The summed E-state index contributed by atoms with van der Waals surface area (Å²) < 4.78 is 0. The van der Waals surface area contributed by atoms with Gasteiger partial charge in [0.2, 0.25) is 5.91 Å². The molecule has 1 heterocycles. The first kappa shape index (κ1) is 18.4. The molecule has 1 aliphatic heterocycles. The molecule has 1 fully saturated rings. The molecule has 0 aromatic heterocycles. The lowest BCUT2D eigenvalue weighted by Gasteiger charge is -2.35. The van der Waals surface area contributed by atoms with Crippen LogP contribution in [0.5, 0.6) is 0 Å². The molecule has 2 N–H and O–H groups in total. The van der Waals surface area contributed by atoms with Gasteiger partial charge in [0.1, 0.15) is 0 Å². The number of hydrogen-bond donors (Lipinski definition) is 2. The standard InChI is InChI=1S/C17H35N3O/c1-6-14(4)19-17(21)15(5)20-9-7-16(8-10-20)12-18-11-13(2)3/h13-16,18H,6-12H2,1-5H3,(H,19,21). The van der Waals surface area contributed by atoms with Crippen LogP contribution in [0.3, 0.4) is 0 Å². The van der Waals surface area contributed by atoms with Crippen LogP contribution in [0, 0.1) is 11.8 Å². The van der Waals surface area contributed by atoms with Crippen LogP contribution >= 0.6 is 0 Å². The number of carbonyl (C=O) groups excluding carboxylic acids is 1. The molecule has 1 saturated heterocycles. The lowest BCUT2D eigenvalue weighted by Crippen LogP contribution is -2.50. The Hall–Kier alpha value is -0.610. The van der Waals surface area contributed by atoms with Crippen LogP contribution in [0.1, 0.15) is 53.9 Å². The van der Waals surface area contributed by atoms with E-state index in [1.165, 1.54) is 12.8 Å². The molecule has 0 saturated carbocycles. The van der Waals surface area contributed by atoms with Gasteiger partial charge >= 0.3 is 0 Å². The van der Waals surface area contributed by atoms with Gasteiger partial charge in [0.05, 0.1) is 6.04 Å². The van der Waals surface area contributed by atoms with E-state index in [1.807, 2.05) is 6.92 Å². The number of nitrogens with zero attached hydrogens (tertiary/aromatic N) is 1. The van der Waals surface area contributed by atoms with Gasteiger partial charge in [0, 0.05) is 6.04 Å². The van der Waals surface area contributed by atoms with Crippen molar-refractivity contribution in [3.8, 4) is 0 Å². The molecule has 0 bridgehead atoms. The summed E-state index contributed by atoms with van der Waals surface area (Å²) >= 11 is 0. The Bertz CT molecular complexity index is 298. The van der Waals surface area contributed by atoms with E-state index in [2.05, 4.69) is 43.2 Å². The molecule has 2 unspecified atom stereocenters. The molecule has 0 aliphatic carbocycles. The molecular weight excluding hydrogens is 262 g/mol. The molecule has 1 aliphatic rings. The molecule has 124 valence electrons. The number of amides is 1. The number of carbonyl (C=O) groups is 1. The molecule has 0 spiro atoms. The quantitative estimate of drug-likeness (QED) is 0.722. The minimum Gasteiger partial charge on any atom is -0.352 e. The van der Waals surface area contributed by atoms with Crippen molar-refractivity contribution < 1.29 is 4.79 Å². The summed E-state index contributed by atoms with van der Waals surface area (Å²) in [6.07, 6.45) is 3.39. The zero-order chi connectivity index (χ0) is 15.8. The van der Waals surface area contributed by atoms with Crippen LogP contribution < -0.4 is 10.6 Å². The zero-order valence-corrected chi connectivity index (χ0v) is 14.6. The predicted octanol–water partition coefficient (Wildman–Crippen LogP) is 2.25. The lowest BCUT2D eigenvalue weighted by atomic mass is 9.95. The van der Waals surface area contributed by atoms with Gasteiger partial charge in [0.15, 0.2) is 0 Å².